The van der Waals surface area contributed by atoms with Gasteiger partial charge in [0.15, 0.2) is 11.6 Å². The van der Waals surface area contributed by atoms with Crippen LogP contribution in [0.15, 0.2) is 52.5 Å². The van der Waals surface area contributed by atoms with Gasteiger partial charge < -0.3 is 14.8 Å². The van der Waals surface area contributed by atoms with E-state index in [9.17, 15) is 4.39 Å². The van der Waals surface area contributed by atoms with Crippen LogP contribution in [0.4, 0.5) is 14.6 Å². The van der Waals surface area contributed by atoms with Gasteiger partial charge in [-0.1, -0.05) is 13.0 Å². The van der Waals surface area contributed by atoms with Crippen LogP contribution < -0.4 is 5.32 Å². The Bertz CT molecular complexity index is 1470. The van der Waals surface area contributed by atoms with Crippen molar-refractivity contribution in [2.45, 2.75) is 58.5 Å². The highest BCUT2D eigenvalue weighted by molar-refractivity contribution is 6.12. The molecular weight excluding hydrogens is 534 g/mol. The molecule has 1 spiro atoms. The Morgan fingerprint density at radius 2 is 1.86 bits per heavy atom. The highest BCUT2D eigenvalue weighted by atomic mass is 19.1. The number of rotatable bonds is 9. The van der Waals surface area contributed by atoms with Gasteiger partial charge in [-0.2, -0.15) is 0 Å². The minimum atomic E-state index is -0.686. The number of benzene rings is 1. The van der Waals surface area contributed by atoms with Crippen LogP contribution in [0.3, 0.4) is 0 Å². The number of fused-ring (bicyclic) bond motifs is 3. The Kier molecular flexibility index (Phi) is 8.44. The predicted molar refractivity (Wildman–Crippen MR) is 164 cm³/mol. The molecule has 2 fully saturated rings. The maximum atomic E-state index is 15.0. The van der Waals surface area contributed by atoms with Gasteiger partial charge in [0.25, 0.3) is 0 Å². The van der Waals surface area contributed by atoms with Crippen LogP contribution in [0.1, 0.15) is 56.0 Å². The van der Waals surface area contributed by atoms with Gasteiger partial charge in [-0.05, 0) is 101 Å². The number of hydrogen-bond donors (Lipinski definition) is 1. The molecule has 0 aliphatic carbocycles. The van der Waals surface area contributed by atoms with Crippen molar-refractivity contribution < 1.29 is 8.78 Å². The SMILES string of the molecule is C=N/C=C(F)\C(=N/CNc1ccc(CN2CCC3(CCN(CC)CC3)CC2)cn1)c1cc(F)c2nc3n(c2c1)CCC3. The molecule has 10 heteroatoms. The molecule has 5 heterocycles. The molecular formula is C32H40F2N8. The van der Waals surface area contributed by atoms with E-state index in [-0.39, 0.29) is 12.4 Å². The number of nitrogens with zero attached hydrogens (tertiary/aromatic N) is 7. The number of aliphatic imine (C=N–C) groups is 2. The lowest BCUT2D eigenvalue weighted by atomic mass is 9.71. The lowest BCUT2D eigenvalue weighted by Crippen LogP contribution is -2.46. The molecule has 3 aliphatic heterocycles. The average Bonchev–Trinajstić information content (AvgIpc) is 3.61. The summed E-state index contributed by atoms with van der Waals surface area (Å²) in [5.74, 6) is 0.321. The summed E-state index contributed by atoms with van der Waals surface area (Å²) in [5.41, 5.74) is 3.01. The molecule has 0 amide bonds. The summed E-state index contributed by atoms with van der Waals surface area (Å²) < 4.78 is 32.0. The first-order valence-electron chi connectivity index (χ1n) is 15.2. The van der Waals surface area contributed by atoms with Crippen molar-refractivity contribution in [2.24, 2.45) is 15.4 Å². The maximum Gasteiger partial charge on any atom is 0.167 e. The van der Waals surface area contributed by atoms with Gasteiger partial charge in [0.2, 0.25) is 0 Å². The standard InChI is InChI=1S/C32H40F2N8/c1-3-40-13-8-32(9-14-40)10-15-41(16-11-32)21-23-6-7-28(36-19-23)37-22-38-30(26(34)20-35-2)24-17-25(33)31-27(18-24)42-12-4-5-29(42)39-31/h6-7,17-20H,2-5,8-16,21-22H2,1H3,(H,36,37)/b26-20+,38-30-. The minimum absolute atomic E-state index is 0.00380. The van der Waals surface area contributed by atoms with Crippen LogP contribution in [0, 0.1) is 11.2 Å². The first-order chi connectivity index (χ1) is 20.5. The van der Waals surface area contributed by atoms with Crippen molar-refractivity contribution in [2.75, 3.05) is 44.7 Å². The van der Waals surface area contributed by atoms with Crippen molar-refractivity contribution in [3.05, 3.63) is 65.3 Å². The number of aromatic nitrogens is 3. The number of likely N-dealkylation sites (tertiary alicyclic amines) is 2. The van der Waals surface area contributed by atoms with Crippen molar-refractivity contribution in [3.8, 4) is 0 Å². The second-order valence-electron chi connectivity index (χ2n) is 11.9. The molecule has 8 nitrogen and oxygen atoms in total. The van der Waals surface area contributed by atoms with E-state index in [2.05, 4.69) is 54.8 Å². The van der Waals surface area contributed by atoms with Gasteiger partial charge in [-0.25, -0.2) is 18.7 Å². The first kappa shape index (κ1) is 28.6. The second kappa shape index (κ2) is 12.4. The molecule has 2 saturated heterocycles. The Hall–Kier alpha value is -3.50. The average molecular weight is 575 g/mol. The third kappa shape index (κ3) is 6.01. The number of halogens is 2. The molecule has 2 aromatic heterocycles. The van der Waals surface area contributed by atoms with Crippen molar-refractivity contribution >= 4 is 29.3 Å². The molecule has 1 aromatic carbocycles. The summed E-state index contributed by atoms with van der Waals surface area (Å²) in [6.45, 7) is 13.3. The molecule has 6 rings (SSSR count). The Morgan fingerprint density at radius 1 is 1.10 bits per heavy atom. The molecule has 0 bridgehead atoms. The van der Waals surface area contributed by atoms with Crippen molar-refractivity contribution in [1.29, 1.82) is 0 Å². The summed E-state index contributed by atoms with van der Waals surface area (Å²) in [4.78, 5) is 22.1. The molecule has 0 saturated carbocycles. The summed E-state index contributed by atoms with van der Waals surface area (Å²) in [6.07, 6.45) is 9.89. The number of nitrogens with one attached hydrogen (secondary N) is 1. The van der Waals surface area contributed by atoms with Crippen LogP contribution in [0.5, 0.6) is 0 Å². The fourth-order valence-electron chi connectivity index (χ4n) is 6.76. The molecule has 3 aliphatic rings. The molecule has 3 aromatic rings. The number of aryl methyl sites for hydroxylation is 2. The lowest BCUT2D eigenvalue weighted by molar-refractivity contribution is 0.0340. The number of piperidine rings is 2. The Labute approximate surface area is 246 Å². The highest BCUT2D eigenvalue weighted by Crippen LogP contribution is 2.41. The molecule has 0 atom stereocenters. The van der Waals surface area contributed by atoms with E-state index in [0.717, 1.165) is 57.6 Å². The van der Waals surface area contributed by atoms with E-state index in [1.807, 2.05) is 16.8 Å². The highest BCUT2D eigenvalue weighted by Gasteiger charge is 2.37. The third-order valence-electron chi connectivity index (χ3n) is 9.38. The van der Waals surface area contributed by atoms with Crippen LogP contribution in [0.25, 0.3) is 11.0 Å². The van der Waals surface area contributed by atoms with Gasteiger partial charge in [0.05, 0.1) is 11.7 Å². The largest absolute Gasteiger partial charge is 0.351 e. The molecule has 0 radical (unpaired) electrons. The molecule has 1 N–H and O–H groups in total. The third-order valence-corrected chi connectivity index (χ3v) is 9.38. The van der Waals surface area contributed by atoms with Crippen LogP contribution in [0.2, 0.25) is 0 Å². The van der Waals surface area contributed by atoms with Gasteiger partial charge in [0.1, 0.15) is 29.5 Å². The molecule has 0 unspecified atom stereocenters. The maximum absolute atomic E-state index is 15.0. The fourth-order valence-corrected chi connectivity index (χ4v) is 6.76. The summed E-state index contributed by atoms with van der Waals surface area (Å²) in [7, 11) is 0. The Balaban J connectivity index is 1.08. The number of hydrogen-bond acceptors (Lipinski definition) is 7. The predicted octanol–water partition coefficient (Wildman–Crippen LogP) is 5.58. The van der Waals surface area contributed by atoms with E-state index in [4.69, 9.17) is 0 Å². The van der Waals surface area contributed by atoms with Gasteiger partial charge in [0, 0.05) is 31.3 Å². The minimum Gasteiger partial charge on any atom is -0.351 e. The summed E-state index contributed by atoms with van der Waals surface area (Å²) in [6, 6.07) is 7.04. The van der Waals surface area contributed by atoms with E-state index in [0.29, 0.717) is 27.8 Å². The quantitative estimate of drug-likeness (QED) is 0.338. The molecule has 222 valence electrons. The fraction of sp³-hybridized carbons (Fsp3) is 0.500. The van der Waals surface area contributed by atoms with E-state index < -0.39 is 11.6 Å². The van der Waals surface area contributed by atoms with Gasteiger partial charge in [-0.3, -0.25) is 14.9 Å². The number of anilines is 1. The topological polar surface area (TPSA) is 73.9 Å². The number of pyridine rings is 1. The van der Waals surface area contributed by atoms with E-state index in [1.165, 1.54) is 50.4 Å². The van der Waals surface area contributed by atoms with Crippen LogP contribution >= 0.6 is 0 Å². The smallest absolute Gasteiger partial charge is 0.167 e. The lowest BCUT2D eigenvalue weighted by Gasteiger charge is -2.46. The Morgan fingerprint density at radius 3 is 2.55 bits per heavy atom. The zero-order valence-corrected chi connectivity index (χ0v) is 24.5. The van der Waals surface area contributed by atoms with E-state index >= 15 is 4.39 Å². The van der Waals surface area contributed by atoms with Crippen LogP contribution in [-0.2, 0) is 19.5 Å². The first-order valence-corrected chi connectivity index (χ1v) is 15.2. The van der Waals surface area contributed by atoms with Crippen molar-refractivity contribution in [3.63, 3.8) is 0 Å². The zero-order chi connectivity index (χ0) is 29.1. The van der Waals surface area contributed by atoms with Crippen molar-refractivity contribution in [1.82, 2.24) is 24.3 Å². The molecule has 42 heavy (non-hydrogen) atoms. The summed E-state index contributed by atoms with van der Waals surface area (Å²) in [5, 5.41) is 3.14. The monoisotopic (exact) mass is 574 g/mol. The van der Waals surface area contributed by atoms with Gasteiger partial charge in [-0.15, -0.1) is 0 Å². The van der Waals surface area contributed by atoms with Gasteiger partial charge >= 0.3 is 0 Å². The number of allylic oxidation sites excluding steroid dienone is 1. The van der Waals surface area contributed by atoms with E-state index in [1.54, 1.807) is 6.07 Å². The van der Waals surface area contributed by atoms with Crippen LogP contribution in [-0.4, -0.2) is 76.2 Å². The normalized spacial score (nSPS) is 19.9. The summed E-state index contributed by atoms with van der Waals surface area (Å²) >= 11 is 0. The zero-order valence-electron chi connectivity index (χ0n) is 24.5. The second-order valence-corrected chi connectivity index (χ2v) is 11.9. The number of imidazole rings is 1.